The molecule has 0 bridgehead atoms. The predicted octanol–water partition coefficient (Wildman–Crippen LogP) is 2.15. The summed E-state index contributed by atoms with van der Waals surface area (Å²) in [6.45, 7) is 9.67. The van der Waals surface area contributed by atoms with Gasteiger partial charge in [0, 0.05) is 19.0 Å². The Kier molecular flexibility index (Phi) is 9.64. The molecule has 3 atom stereocenters. The zero-order valence-corrected chi connectivity index (χ0v) is 21.4. The van der Waals surface area contributed by atoms with Crippen molar-refractivity contribution >= 4 is 27.8 Å². The molecule has 0 spiro atoms. The van der Waals surface area contributed by atoms with Gasteiger partial charge in [0.2, 0.25) is 21.8 Å². The van der Waals surface area contributed by atoms with Crippen molar-refractivity contribution in [2.75, 3.05) is 13.1 Å². The molecule has 9 nitrogen and oxygen atoms in total. The number of nitrogens with zero attached hydrogens (tertiary/aromatic N) is 1. The highest BCUT2D eigenvalue weighted by atomic mass is 32.2. The largest absolute Gasteiger partial charge is 0.480 e. The van der Waals surface area contributed by atoms with Crippen LogP contribution in [0, 0.1) is 24.7 Å². The first kappa shape index (κ1) is 27.8. The number of likely N-dealkylation sites (tertiary alicyclic amines) is 1. The average Bonchev–Trinajstić information content (AvgIpc) is 2.80. The number of carboxylic acids is 1. The number of benzene rings is 1. The SMILES string of the molecule is CC[C@H](C)[C@H](NC(=O)C1CCN(C(=O)[C@@H](NS(=O)(=O)c2ccc(C)cc2)C(C)C)CC1)C(=O)O. The van der Waals surface area contributed by atoms with Crippen molar-refractivity contribution in [3.05, 3.63) is 29.8 Å². The van der Waals surface area contributed by atoms with Crippen LogP contribution in [0.4, 0.5) is 0 Å². The van der Waals surface area contributed by atoms with Gasteiger partial charge in [-0.1, -0.05) is 51.8 Å². The number of carbonyl (C=O) groups excluding carboxylic acids is 2. The molecule has 1 aromatic carbocycles. The van der Waals surface area contributed by atoms with Gasteiger partial charge < -0.3 is 15.3 Å². The molecule has 0 aromatic heterocycles. The summed E-state index contributed by atoms with van der Waals surface area (Å²) in [5.41, 5.74) is 0.932. The van der Waals surface area contributed by atoms with Crippen molar-refractivity contribution in [2.24, 2.45) is 17.8 Å². The summed E-state index contributed by atoms with van der Waals surface area (Å²) in [5.74, 6) is -2.57. The predicted molar refractivity (Wildman–Crippen MR) is 128 cm³/mol. The van der Waals surface area contributed by atoms with Crippen LogP contribution in [0.3, 0.4) is 0 Å². The van der Waals surface area contributed by atoms with Crippen LogP contribution in [0.25, 0.3) is 0 Å². The van der Waals surface area contributed by atoms with Crippen molar-refractivity contribution < 1.29 is 27.9 Å². The number of amides is 2. The lowest BCUT2D eigenvalue weighted by atomic mass is 9.93. The molecule has 1 aliphatic rings. The third-order valence-corrected chi connectivity index (χ3v) is 7.96. The zero-order valence-electron chi connectivity index (χ0n) is 20.6. The Hall–Kier alpha value is -2.46. The van der Waals surface area contributed by atoms with Crippen molar-refractivity contribution in [3.63, 3.8) is 0 Å². The van der Waals surface area contributed by atoms with Gasteiger partial charge in [0.15, 0.2) is 0 Å². The van der Waals surface area contributed by atoms with E-state index in [0.717, 1.165) is 5.56 Å². The quantitative estimate of drug-likeness (QED) is 0.456. The third-order valence-electron chi connectivity index (χ3n) is 6.50. The molecule has 3 N–H and O–H groups in total. The second kappa shape index (κ2) is 11.8. The summed E-state index contributed by atoms with van der Waals surface area (Å²) < 4.78 is 28.2. The summed E-state index contributed by atoms with van der Waals surface area (Å²) in [5, 5.41) is 12.1. The van der Waals surface area contributed by atoms with E-state index in [4.69, 9.17) is 0 Å². The molecule has 2 amide bonds. The molecule has 0 radical (unpaired) electrons. The van der Waals surface area contributed by atoms with Crippen molar-refractivity contribution in [2.45, 2.75) is 70.9 Å². The normalized spacial score (nSPS) is 17.8. The number of aryl methyl sites for hydroxylation is 1. The van der Waals surface area contributed by atoms with E-state index in [-0.39, 0.29) is 28.5 Å². The second-order valence-electron chi connectivity index (χ2n) is 9.47. The molecule has 1 saturated heterocycles. The van der Waals surface area contributed by atoms with Gasteiger partial charge in [-0.15, -0.1) is 0 Å². The van der Waals surface area contributed by atoms with Crippen LogP contribution in [0.2, 0.25) is 0 Å². The van der Waals surface area contributed by atoms with E-state index >= 15 is 0 Å². The molecule has 1 fully saturated rings. The van der Waals surface area contributed by atoms with Gasteiger partial charge in [0.1, 0.15) is 12.1 Å². The van der Waals surface area contributed by atoms with Gasteiger partial charge in [0.25, 0.3) is 0 Å². The lowest BCUT2D eigenvalue weighted by Crippen LogP contribution is -2.54. The Morgan fingerprint density at radius 2 is 1.62 bits per heavy atom. The Morgan fingerprint density at radius 3 is 2.09 bits per heavy atom. The van der Waals surface area contributed by atoms with Crippen LogP contribution in [-0.4, -0.2) is 61.4 Å². The van der Waals surface area contributed by atoms with E-state index in [9.17, 15) is 27.9 Å². The van der Waals surface area contributed by atoms with Gasteiger partial charge in [-0.2, -0.15) is 4.72 Å². The van der Waals surface area contributed by atoms with Gasteiger partial charge >= 0.3 is 5.97 Å². The van der Waals surface area contributed by atoms with E-state index in [0.29, 0.717) is 32.4 Å². The van der Waals surface area contributed by atoms with E-state index in [1.165, 1.54) is 12.1 Å². The number of aliphatic carboxylic acids is 1. The smallest absolute Gasteiger partial charge is 0.326 e. The van der Waals surface area contributed by atoms with Gasteiger partial charge in [-0.05, 0) is 43.7 Å². The van der Waals surface area contributed by atoms with Gasteiger partial charge in [0.05, 0.1) is 4.90 Å². The first-order valence-corrected chi connectivity index (χ1v) is 13.3. The molecular weight excluding hydrogens is 458 g/mol. The van der Waals surface area contributed by atoms with Crippen molar-refractivity contribution in [1.82, 2.24) is 14.9 Å². The minimum absolute atomic E-state index is 0.0984. The molecule has 1 aromatic rings. The van der Waals surface area contributed by atoms with Crippen LogP contribution in [0.5, 0.6) is 0 Å². The van der Waals surface area contributed by atoms with Crippen LogP contribution in [0.1, 0.15) is 52.5 Å². The van der Waals surface area contributed by atoms with E-state index < -0.39 is 34.0 Å². The topological polar surface area (TPSA) is 133 Å². The molecule has 0 unspecified atom stereocenters. The molecule has 10 heteroatoms. The summed E-state index contributed by atoms with van der Waals surface area (Å²) in [7, 11) is -3.88. The minimum atomic E-state index is -3.88. The highest BCUT2D eigenvalue weighted by molar-refractivity contribution is 7.89. The Morgan fingerprint density at radius 1 is 1.06 bits per heavy atom. The number of hydrogen-bond acceptors (Lipinski definition) is 5. The lowest BCUT2D eigenvalue weighted by molar-refractivity contribution is -0.144. The second-order valence-corrected chi connectivity index (χ2v) is 11.2. The highest BCUT2D eigenvalue weighted by Gasteiger charge is 2.36. The molecule has 190 valence electrons. The van der Waals surface area contributed by atoms with Crippen molar-refractivity contribution in [3.8, 4) is 0 Å². The Bertz CT molecular complexity index is 969. The number of hydrogen-bond donors (Lipinski definition) is 3. The monoisotopic (exact) mass is 495 g/mol. The third kappa shape index (κ3) is 7.02. The number of nitrogens with one attached hydrogen (secondary N) is 2. The number of sulfonamides is 1. The van der Waals surface area contributed by atoms with E-state index in [1.807, 2.05) is 13.8 Å². The number of piperidine rings is 1. The molecule has 0 saturated carbocycles. The zero-order chi connectivity index (χ0) is 25.6. The van der Waals surface area contributed by atoms with Gasteiger partial charge in [-0.3, -0.25) is 9.59 Å². The summed E-state index contributed by atoms with van der Waals surface area (Å²) in [6.07, 6.45) is 1.40. The summed E-state index contributed by atoms with van der Waals surface area (Å²) >= 11 is 0. The lowest BCUT2D eigenvalue weighted by Gasteiger charge is -2.35. The fourth-order valence-corrected chi connectivity index (χ4v) is 5.27. The van der Waals surface area contributed by atoms with Crippen LogP contribution in [-0.2, 0) is 24.4 Å². The number of carbonyl (C=O) groups is 3. The van der Waals surface area contributed by atoms with Crippen LogP contribution in [0.15, 0.2) is 29.2 Å². The fourth-order valence-electron chi connectivity index (χ4n) is 3.94. The fraction of sp³-hybridized carbons (Fsp3) is 0.625. The van der Waals surface area contributed by atoms with Gasteiger partial charge in [-0.25, -0.2) is 13.2 Å². The maximum Gasteiger partial charge on any atom is 0.326 e. The minimum Gasteiger partial charge on any atom is -0.480 e. The van der Waals surface area contributed by atoms with E-state index in [2.05, 4.69) is 10.0 Å². The van der Waals surface area contributed by atoms with Crippen LogP contribution < -0.4 is 10.0 Å². The maximum absolute atomic E-state index is 13.2. The summed E-state index contributed by atoms with van der Waals surface area (Å²) in [4.78, 5) is 39.0. The first-order chi connectivity index (χ1) is 15.9. The van der Waals surface area contributed by atoms with Crippen LogP contribution >= 0.6 is 0 Å². The molecule has 1 aliphatic heterocycles. The van der Waals surface area contributed by atoms with E-state index in [1.54, 1.807) is 37.8 Å². The molecular formula is C24H37N3O6S. The molecule has 0 aliphatic carbocycles. The molecule has 1 heterocycles. The highest BCUT2D eigenvalue weighted by Crippen LogP contribution is 2.21. The summed E-state index contributed by atoms with van der Waals surface area (Å²) in [6, 6.07) is 4.54. The average molecular weight is 496 g/mol. The number of rotatable bonds is 10. The Balaban J connectivity index is 2.02. The number of carboxylic acid groups (broad SMARTS) is 1. The van der Waals surface area contributed by atoms with Crippen molar-refractivity contribution in [1.29, 1.82) is 0 Å². The maximum atomic E-state index is 13.2. The first-order valence-electron chi connectivity index (χ1n) is 11.8. The molecule has 2 rings (SSSR count). The molecule has 34 heavy (non-hydrogen) atoms. The Labute approximate surface area is 202 Å². The standard InChI is InChI=1S/C24H37N3O6S/c1-6-17(5)21(24(30)31)25-22(28)18-11-13-27(14-12-18)23(29)20(15(2)3)26-34(32,33)19-9-7-16(4)8-10-19/h7-10,15,17-18,20-21,26H,6,11-14H2,1-5H3,(H,25,28)(H,30,31)/t17-,20-,21-/m0/s1.